The Kier molecular flexibility index (Phi) is 9.76. The van der Waals surface area contributed by atoms with Gasteiger partial charge in [0.1, 0.15) is 18.2 Å². The number of carbonyl (C=O) groups excluding carboxylic acids is 1. The molecule has 0 aromatic carbocycles. The Hall–Kier alpha value is -1.84. The van der Waals surface area contributed by atoms with Gasteiger partial charge in [-0.3, -0.25) is 0 Å². The first-order valence-electron chi connectivity index (χ1n) is 8.04. The number of ether oxygens (including phenoxy) is 3. The molecule has 0 aliphatic heterocycles. The first-order valence-corrected chi connectivity index (χ1v) is 8.04. The lowest BCUT2D eigenvalue weighted by atomic mass is 9.95. The highest BCUT2D eigenvalue weighted by atomic mass is 16.6. The van der Waals surface area contributed by atoms with Gasteiger partial charge in [0.05, 0.1) is 6.61 Å². The fourth-order valence-corrected chi connectivity index (χ4v) is 2.28. The van der Waals surface area contributed by atoms with Crippen LogP contribution in [0, 0.1) is 11.3 Å². The largest absolute Gasteiger partial charge is 0.459 e. The number of methoxy groups -OCH3 is 1. The molecule has 6 nitrogen and oxygen atoms in total. The molecule has 23 heavy (non-hydrogen) atoms. The van der Waals surface area contributed by atoms with Crippen molar-refractivity contribution in [2.45, 2.75) is 32.6 Å². The van der Waals surface area contributed by atoms with Crippen LogP contribution in [0.2, 0.25) is 0 Å². The van der Waals surface area contributed by atoms with Crippen LogP contribution >= 0.6 is 0 Å². The Morgan fingerprint density at radius 3 is 2.87 bits per heavy atom. The molecule has 0 atom stereocenters. The lowest BCUT2D eigenvalue weighted by Gasteiger charge is -2.18. The van der Waals surface area contributed by atoms with Gasteiger partial charge >= 0.3 is 5.97 Å². The minimum Gasteiger partial charge on any atom is -0.459 e. The third-order valence-electron chi connectivity index (χ3n) is 3.42. The van der Waals surface area contributed by atoms with E-state index in [0.29, 0.717) is 26.2 Å². The van der Waals surface area contributed by atoms with Crippen LogP contribution in [0.3, 0.4) is 0 Å². The zero-order valence-electron chi connectivity index (χ0n) is 14.0. The van der Waals surface area contributed by atoms with Gasteiger partial charge in [-0.2, -0.15) is 5.26 Å². The van der Waals surface area contributed by atoms with E-state index < -0.39 is 5.97 Å². The molecular formula is C17H26N2O4. The van der Waals surface area contributed by atoms with Gasteiger partial charge in [-0.1, -0.05) is 0 Å². The summed E-state index contributed by atoms with van der Waals surface area (Å²) in [4.78, 5) is 12.0. The lowest BCUT2D eigenvalue weighted by Crippen LogP contribution is -2.19. The van der Waals surface area contributed by atoms with Crippen molar-refractivity contribution in [3.05, 3.63) is 22.9 Å². The van der Waals surface area contributed by atoms with Crippen molar-refractivity contribution in [2.75, 3.05) is 40.1 Å². The maximum absolute atomic E-state index is 12.0. The summed E-state index contributed by atoms with van der Waals surface area (Å²) in [5, 5.41) is 12.6. The normalized spacial score (nSPS) is 16.3. The minimum atomic E-state index is -0.570. The van der Waals surface area contributed by atoms with Gasteiger partial charge in [0, 0.05) is 32.6 Å². The van der Waals surface area contributed by atoms with Crippen LogP contribution < -0.4 is 5.32 Å². The molecule has 1 aliphatic rings. The van der Waals surface area contributed by atoms with Gasteiger partial charge in [0.25, 0.3) is 0 Å². The van der Waals surface area contributed by atoms with E-state index in [4.69, 9.17) is 14.2 Å². The second kappa shape index (κ2) is 11.7. The van der Waals surface area contributed by atoms with Crippen molar-refractivity contribution < 1.29 is 19.0 Å². The molecule has 0 fully saturated rings. The van der Waals surface area contributed by atoms with Crippen LogP contribution in [-0.4, -0.2) is 46.1 Å². The number of carbonyl (C=O) groups is 1. The fraction of sp³-hybridized carbons (Fsp3) is 0.647. The molecule has 1 aliphatic carbocycles. The molecule has 0 saturated heterocycles. The van der Waals surface area contributed by atoms with Crippen LogP contribution in [-0.2, 0) is 19.0 Å². The Labute approximate surface area is 138 Å². The van der Waals surface area contributed by atoms with E-state index in [-0.39, 0.29) is 12.2 Å². The molecule has 128 valence electrons. The summed E-state index contributed by atoms with van der Waals surface area (Å²) in [5.74, 6) is -0.570. The van der Waals surface area contributed by atoms with Crippen LogP contribution in [0.4, 0.5) is 0 Å². The Morgan fingerprint density at radius 2 is 2.17 bits per heavy atom. The van der Waals surface area contributed by atoms with E-state index in [1.54, 1.807) is 7.11 Å². The number of esters is 1. The van der Waals surface area contributed by atoms with Gasteiger partial charge in [-0.25, -0.2) is 4.79 Å². The predicted molar refractivity (Wildman–Crippen MR) is 86.5 cm³/mol. The number of allylic oxidation sites excluding steroid dienone is 3. The van der Waals surface area contributed by atoms with E-state index in [2.05, 4.69) is 5.32 Å². The third kappa shape index (κ3) is 7.31. The molecule has 0 spiro atoms. The van der Waals surface area contributed by atoms with Crippen LogP contribution in [0.25, 0.3) is 0 Å². The second-order valence-corrected chi connectivity index (χ2v) is 5.14. The van der Waals surface area contributed by atoms with Crippen molar-refractivity contribution in [2.24, 2.45) is 0 Å². The summed E-state index contributed by atoms with van der Waals surface area (Å²) in [6.45, 7) is 4.48. The van der Waals surface area contributed by atoms with Crippen molar-refractivity contribution >= 4 is 5.97 Å². The molecule has 0 aromatic heterocycles. The summed E-state index contributed by atoms with van der Waals surface area (Å²) in [6, 6.07) is 1.98. The van der Waals surface area contributed by atoms with Crippen LogP contribution in [0.5, 0.6) is 0 Å². The summed E-state index contributed by atoms with van der Waals surface area (Å²) in [7, 11) is 1.68. The number of hydrogen-bond donors (Lipinski definition) is 1. The zero-order chi connectivity index (χ0) is 16.9. The van der Waals surface area contributed by atoms with Gasteiger partial charge < -0.3 is 19.5 Å². The topological polar surface area (TPSA) is 80.6 Å². The SMILES string of the molecule is CCOCCOC(=O)/C(C#N)=C1\C=C(NCCCOC)CCC1. The molecule has 0 bridgehead atoms. The van der Waals surface area contributed by atoms with Gasteiger partial charge in [-0.15, -0.1) is 0 Å². The third-order valence-corrected chi connectivity index (χ3v) is 3.42. The lowest BCUT2D eigenvalue weighted by molar-refractivity contribution is -0.140. The highest BCUT2D eigenvalue weighted by Gasteiger charge is 2.18. The molecule has 0 heterocycles. The monoisotopic (exact) mass is 322 g/mol. The van der Waals surface area contributed by atoms with Crippen molar-refractivity contribution in [1.29, 1.82) is 5.26 Å². The minimum absolute atomic E-state index is 0.0948. The molecule has 0 aromatic rings. The molecular weight excluding hydrogens is 296 g/mol. The van der Waals surface area contributed by atoms with E-state index in [1.807, 2.05) is 19.1 Å². The Bertz CT molecular complexity index is 477. The van der Waals surface area contributed by atoms with Crippen LogP contribution in [0.1, 0.15) is 32.6 Å². The maximum atomic E-state index is 12.0. The first-order chi connectivity index (χ1) is 11.2. The van der Waals surface area contributed by atoms with Gasteiger partial charge in [0.2, 0.25) is 0 Å². The zero-order valence-corrected chi connectivity index (χ0v) is 14.0. The Morgan fingerprint density at radius 1 is 1.35 bits per heavy atom. The van der Waals surface area contributed by atoms with Crippen molar-refractivity contribution in [3.63, 3.8) is 0 Å². The molecule has 1 rings (SSSR count). The summed E-state index contributed by atoms with van der Waals surface area (Å²) in [6.07, 6.45) is 5.37. The smallest absolute Gasteiger partial charge is 0.349 e. The van der Waals surface area contributed by atoms with Crippen molar-refractivity contribution in [3.8, 4) is 6.07 Å². The fourth-order valence-electron chi connectivity index (χ4n) is 2.28. The molecule has 1 N–H and O–H groups in total. The number of nitriles is 1. The average molecular weight is 322 g/mol. The first kappa shape index (κ1) is 19.2. The number of rotatable bonds is 10. The van der Waals surface area contributed by atoms with Gasteiger partial charge in [0.15, 0.2) is 0 Å². The van der Waals surface area contributed by atoms with E-state index in [9.17, 15) is 10.1 Å². The average Bonchev–Trinajstić information content (AvgIpc) is 2.57. The Balaban J connectivity index is 2.63. The standard InChI is InChI=1S/C17H26N2O4/c1-3-22-10-11-23-17(20)16(13-18)14-6-4-7-15(12-14)19-8-5-9-21-2/h12,19H,3-11H2,1-2H3/b16-14-. The van der Waals surface area contributed by atoms with Crippen LogP contribution in [0.15, 0.2) is 22.9 Å². The molecule has 0 unspecified atom stereocenters. The molecule has 0 saturated carbocycles. The van der Waals surface area contributed by atoms with Gasteiger partial charge in [-0.05, 0) is 44.3 Å². The molecule has 6 heteroatoms. The second-order valence-electron chi connectivity index (χ2n) is 5.14. The highest BCUT2D eigenvalue weighted by Crippen LogP contribution is 2.24. The molecule has 0 amide bonds. The van der Waals surface area contributed by atoms with Crippen molar-refractivity contribution in [1.82, 2.24) is 5.32 Å². The molecule has 0 radical (unpaired) electrons. The number of hydrogen-bond acceptors (Lipinski definition) is 6. The summed E-state index contributed by atoms with van der Waals surface area (Å²) < 4.78 is 15.2. The summed E-state index contributed by atoms with van der Waals surface area (Å²) in [5.41, 5.74) is 1.89. The highest BCUT2D eigenvalue weighted by molar-refractivity contribution is 5.94. The maximum Gasteiger partial charge on any atom is 0.349 e. The predicted octanol–water partition coefficient (Wildman–Crippen LogP) is 2.08. The number of nitrogens with one attached hydrogen (secondary N) is 1. The van der Waals surface area contributed by atoms with E-state index in [1.165, 1.54) is 0 Å². The number of nitrogens with zero attached hydrogens (tertiary/aromatic N) is 1. The summed E-state index contributed by atoms with van der Waals surface area (Å²) >= 11 is 0. The van der Waals surface area contributed by atoms with E-state index in [0.717, 1.165) is 37.1 Å². The quantitative estimate of drug-likeness (QED) is 0.287. The van der Waals surface area contributed by atoms with E-state index >= 15 is 0 Å².